The molecule has 0 aliphatic heterocycles. The average molecular weight is 491 g/mol. The van der Waals surface area contributed by atoms with Gasteiger partial charge in [0, 0.05) is 29.0 Å². The molecule has 1 aliphatic carbocycles. The van der Waals surface area contributed by atoms with E-state index in [0.29, 0.717) is 12.6 Å². The molecule has 8 heteroatoms. The largest absolute Gasteiger partial charge is 0.322 e. The lowest BCUT2D eigenvalue weighted by atomic mass is 9.99. The molecule has 5 rings (SSSR count). The molecular weight excluding hydrogens is 456 g/mol. The number of rotatable bonds is 8. The molecule has 1 fully saturated rings. The fourth-order valence-electron chi connectivity index (χ4n) is 5.40. The minimum Gasteiger partial charge on any atom is -0.322 e. The van der Waals surface area contributed by atoms with E-state index in [-0.39, 0.29) is 17.5 Å². The molecule has 0 unspecified atom stereocenters. The van der Waals surface area contributed by atoms with Gasteiger partial charge in [-0.25, -0.2) is 4.68 Å². The SMILES string of the molecule is Cc1cc2cc(CN(Cc3cccs3)[C@H](c3nnnn3C3CCCC3)C(C)C)c(=O)[nH]c2cc1C. The quantitative estimate of drug-likeness (QED) is 0.342. The van der Waals surface area contributed by atoms with Crippen LogP contribution in [0, 0.1) is 19.8 Å². The first-order valence-electron chi connectivity index (χ1n) is 12.6. The van der Waals surface area contributed by atoms with E-state index in [1.54, 1.807) is 11.3 Å². The summed E-state index contributed by atoms with van der Waals surface area (Å²) in [6.07, 6.45) is 4.69. The third-order valence-corrected chi connectivity index (χ3v) is 8.19. The van der Waals surface area contributed by atoms with Gasteiger partial charge in [0.05, 0.1) is 12.1 Å². The lowest BCUT2D eigenvalue weighted by Gasteiger charge is -2.33. The van der Waals surface area contributed by atoms with Crippen LogP contribution in [0.5, 0.6) is 0 Å². The maximum absolute atomic E-state index is 13.2. The van der Waals surface area contributed by atoms with Crippen molar-refractivity contribution in [2.45, 2.75) is 78.6 Å². The molecule has 4 aromatic rings. The van der Waals surface area contributed by atoms with Gasteiger partial charge in [0.25, 0.3) is 5.56 Å². The Labute approximate surface area is 210 Å². The van der Waals surface area contributed by atoms with Crippen molar-refractivity contribution >= 4 is 22.2 Å². The summed E-state index contributed by atoms with van der Waals surface area (Å²) in [5, 5.41) is 16.2. The number of hydrogen-bond acceptors (Lipinski definition) is 6. The van der Waals surface area contributed by atoms with Gasteiger partial charge < -0.3 is 4.98 Å². The third kappa shape index (κ3) is 4.95. The summed E-state index contributed by atoms with van der Waals surface area (Å²) >= 11 is 1.74. The van der Waals surface area contributed by atoms with Gasteiger partial charge in [0.1, 0.15) is 0 Å². The van der Waals surface area contributed by atoms with Crippen LogP contribution in [0.25, 0.3) is 10.9 Å². The second-order valence-electron chi connectivity index (χ2n) is 10.2. The number of thiophene rings is 1. The van der Waals surface area contributed by atoms with Crippen LogP contribution in [0.3, 0.4) is 0 Å². The zero-order chi connectivity index (χ0) is 24.5. The molecule has 1 atom stereocenters. The molecule has 0 saturated heterocycles. The summed E-state index contributed by atoms with van der Waals surface area (Å²) in [6.45, 7) is 9.89. The van der Waals surface area contributed by atoms with Gasteiger partial charge in [-0.05, 0) is 89.2 Å². The Morgan fingerprint density at radius 3 is 2.63 bits per heavy atom. The minimum absolute atomic E-state index is 0.0115. The highest BCUT2D eigenvalue weighted by Crippen LogP contribution is 2.35. The van der Waals surface area contributed by atoms with Gasteiger partial charge in [0.15, 0.2) is 5.82 Å². The second-order valence-corrected chi connectivity index (χ2v) is 11.3. The van der Waals surface area contributed by atoms with Crippen LogP contribution >= 0.6 is 11.3 Å². The molecule has 1 saturated carbocycles. The number of aromatic amines is 1. The summed E-state index contributed by atoms with van der Waals surface area (Å²) in [4.78, 5) is 20.0. The van der Waals surface area contributed by atoms with Crippen molar-refractivity contribution in [3.63, 3.8) is 0 Å². The fourth-order valence-corrected chi connectivity index (χ4v) is 6.13. The molecule has 35 heavy (non-hydrogen) atoms. The fraction of sp³-hybridized carbons (Fsp3) is 0.481. The van der Waals surface area contributed by atoms with Crippen molar-refractivity contribution in [2.75, 3.05) is 0 Å². The van der Waals surface area contributed by atoms with E-state index in [1.807, 2.05) is 0 Å². The lowest BCUT2D eigenvalue weighted by Crippen LogP contribution is -2.35. The molecule has 1 aromatic carbocycles. The molecule has 184 valence electrons. The Hall–Kier alpha value is -2.84. The van der Waals surface area contributed by atoms with Gasteiger partial charge in [-0.3, -0.25) is 9.69 Å². The summed E-state index contributed by atoms with van der Waals surface area (Å²) in [7, 11) is 0. The number of aromatic nitrogens is 5. The number of hydrogen-bond donors (Lipinski definition) is 1. The van der Waals surface area contributed by atoms with Crippen molar-refractivity contribution in [2.24, 2.45) is 5.92 Å². The monoisotopic (exact) mass is 490 g/mol. The van der Waals surface area contributed by atoms with Crippen LogP contribution in [0.4, 0.5) is 0 Å². The highest BCUT2D eigenvalue weighted by Gasteiger charge is 2.32. The van der Waals surface area contributed by atoms with Crippen molar-refractivity contribution < 1.29 is 0 Å². The summed E-state index contributed by atoms with van der Waals surface area (Å²) in [5.41, 5.74) is 4.02. The Bertz CT molecular complexity index is 1350. The van der Waals surface area contributed by atoms with Crippen molar-refractivity contribution in [1.29, 1.82) is 0 Å². The molecule has 3 aromatic heterocycles. The topological polar surface area (TPSA) is 79.7 Å². The predicted molar refractivity (Wildman–Crippen MR) is 141 cm³/mol. The number of aryl methyl sites for hydroxylation is 2. The van der Waals surface area contributed by atoms with Gasteiger partial charge in [0.2, 0.25) is 0 Å². The Morgan fingerprint density at radius 1 is 1.14 bits per heavy atom. The molecule has 0 radical (unpaired) electrons. The van der Waals surface area contributed by atoms with Crippen LogP contribution in [0.15, 0.2) is 40.5 Å². The predicted octanol–water partition coefficient (Wildman–Crippen LogP) is 5.71. The first kappa shape index (κ1) is 23.9. The minimum atomic E-state index is -0.0326. The first-order valence-corrected chi connectivity index (χ1v) is 13.5. The highest BCUT2D eigenvalue weighted by atomic mass is 32.1. The van der Waals surface area contributed by atoms with E-state index in [1.165, 1.54) is 28.8 Å². The molecule has 1 aliphatic rings. The smallest absolute Gasteiger partial charge is 0.252 e. The number of fused-ring (bicyclic) bond motifs is 1. The van der Waals surface area contributed by atoms with Crippen LogP contribution in [-0.4, -0.2) is 30.1 Å². The molecule has 0 spiro atoms. The van der Waals surface area contributed by atoms with Gasteiger partial charge in [-0.2, -0.15) is 0 Å². The molecule has 3 heterocycles. The van der Waals surface area contributed by atoms with Crippen LogP contribution in [0.1, 0.15) is 79.0 Å². The summed E-state index contributed by atoms with van der Waals surface area (Å²) in [6, 6.07) is 10.9. The molecule has 7 nitrogen and oxygen atoms in total. The molecule has 0 amide bonds. The van der Waals surface area contributed by atoms with Crippen molar-refractivity contribution in [1.82, 2.24) is 30.1 Å². The van der Waals surface area contributed by atoms with Crippen LogP contribution < -0.4 is 5.56 Å². The normalized spacial score (nSPS) is 15.6. The third-order valence-electron chi connectivity index (χ3n) is 7.33. The molecular formula is C27H34N6OS. The van der Waals surface area contributed by atoms with Crippen LogP contribution in [-0.2, 0) is 13.1 Å². The number of nitrogens with one attached hydrogen (secondary N) is 1. The van der Waals surface area contributed by atoms with E-state index in [4.69, 9.17) is 0 Å². The molecule has 1 N–H and O–H groups in total. The van der Waals surface area contributed by atoms with Gasteiger partial charge >= 0.3 is 0 Å². The second kappa shape index (κ2) is 10.0. The summed E-state index contributed by atoms with van der Waals surface area (Å²) < 4.78 is 2.07. The van der Waals surface area contributed by atoms with Gasteiger partial charge in [-0.1, -0.05) is 32.8 Å². The Kier molecular flexibility index (Phi) is 6.84. The van der Waals surface area contributed by atoms with E-state index < -0.39 is 0 Å². The number of H-pyrrole nitrogens is 1. The highest BCUT2D eigenvalue weighted by molar-refractivity contribution is 7.09. The maximum Gasteiger partial charge on any atom is 0.252 e. The number of pyridine rings is 1. The number of nitrogens with zero attached hydrogens (tertiary/aromatic N) is 5. The van der Waals surface area contributed by atoms with E-state index in [9.17, 15) is 4.79 Å². The van der Waals surface area contributed by atoms with Crippen molar-refractivity contribution in [3.05, 3.63) is 73.5 Å². The van der Waals surface area contributed by atoms with E-state index in [2.05, 4.69) is 93.5 Å². The first-order chi connectivity index (χ1) is 16.9. The average Bonchev–Trinajstić information content (AvgIpc) is 3.58. The lowest BCUT2D eigenvalue weighted by molar-refractivity contribution is 0.124. The van der Waals surface area contributed by atoms with E-state index in [0.717, 1.165) is 41.7 Å². The Morgan fingerprint density at radius 2 is 1.91 bits per heavy atom. The number of tetrazole rings is 1. The Balaban J connectivity index is 1.56. The maximum atomic E-state index is 13.2. The molecule has 0 bridgehead atoms. The summed E-state index contributed by atoms with van der Waals surface area (Å²) in [5.74, 6) is 1.18. The zero-order valence-electron chi connectivity index (χ0n) is 21.0. The standard InChI is InChI=1S/C27H34N6OS/c1-17(2)25(26-29-30-31-33(26)22-8-5-6-9-22)32(16-23-10-7-11-35-23)15-21-14-20-12-18(3)19(4)13-24(20)28-27(21)34/h7,10-14,17,22,25H,5-6,8-9,15-16H2,1-4H3,(H,28,34)/t25-/m0/s1. The van der Waals surface area contributed by atoms with Crippen molar-refractivity contribution in [3.8, 4) is 0 Å². The van der Waals surface area contributed by atoms with E-state index >= 15 is 0 Å². The van der Waals surface area contributed by atoms with Crippen LogP contribution in [0.2, 0.25) is 0 Å². The number of benzene rings is 1. The zero-order valence-corrected chi connectivity index (χ0v) is 21.8. The van der Waals surface area contributed by atoms with Gasteiger partial charge in [-0.15, -0.1) is 16.4 Å².